The molecule has 0 fully saturated rings. The first-order valence-electron chi connectivity index (χ1n) is 5.69. The van der Waals surface area contributed by atoms with E-state index in [2.05, 4.69) is 43.5 Å². The topological polar surface area (TPSA) is 63.8 Å². The van der Waals surface area contributed by atoms with Crippen molar-refractivity contribution in [1.29, 1.82) is 0 Å². The van der Waals surface area contributed by atoms with E-state index in [-0.39, 0.29) is 6.04 Å². The summed E-state index contributed by atoms with van der Waals surface area (Å²) < 4.78 is 1.06. The Labute approximate surface area is 115 Å². The van der Waals surface area contributed by atoms with E-state index in [9.17, 15) is 0 Å². The van der Waals surface area contributed by atoms with E-state index in [1.54, 1.807) is 6.20 Å². The third-order valence-corrected chi connectivity index (χ3v) is 3.18. The van der Waals surface area contributed by atoms with Gasteiger partial charge in [-0.3, -0.25) is 11.3 Å². The molecule has 4 nitrogen and oxygen atoms in total. The number of hydrogen-bond acceptors (Lipinski definition) is 4. The predicted octanol–water partition coefficient (Wildman–Crippen LogP) is 2.29. The quantitative estimate of drug-likeness (QED) is 0.672. The molecule has 0 aliphatic carbocycles. The number of hydrazine groups is 1. The maximum Gasteiger partial charge on any atom is 0.125 e. The highest BCUT2D eigenvalue weighted by Crippen LogP contribution is 2.18. The average Bonchev–Trinajstić information content (AvgIpc) is 2.36. The molecule has 18 heavy (non-hydrogen) atoms. The molecule has 2 rings (SSSR count). The third-order valence-electron chi connectivity index (χ3n) is 2.68. The fourth-order valence-corrected chi connectivity index (χ4v) is 2.26. The molecule has 5 heteroatoms. The number of benzene rings is 1. The fraction of sp³-hybridized carbons (Fsp3) is 0.231. The number of nitrogens with one attached hydrogen (secondary N) is 1. The average molecular weight is 307 g/mol. The summed E-state index contributed by atoms with van der Waals surface area (Å²) in [6.45, 7) is 1.87. The highest BCUT2D eigenvalue weighted by atomic mass is 79.9. The highest BCUT2D eigenvalue weighted by molar-refractivity contribution is 9.10. The zero-order valence-electron chi connectivity index (χ0n) is 10.1. The summed E-state index contributed by atoms with van der Waals surface area (Å²) in [4.78, 5) is 8.49. The number of hydrogen-bond donors (Lipinski definition) is 2. The van der Waals surface area contributed by atoms with Crippen LogP contribution in [0.2, 0.25) is 0 Å². The Morgan fingerprint density at radius 2 is 2.22 bits per heavy atom. The van der Waals surface area contributed by atoms with Crippen molar-refractivity contribution < 1.29 is 0 Å². The summed E-state index contributed by atoms with van der Waals surface area (Å²) in [6.07, 6.45) is 2.54. The summed E-state index contributed by atoms with van der Waals surface area (Å²) in [5.41, 5.74) is 4.91. The van der Waals surface area contributed by atoms with E-state index in [1.807, 2.05) is 25.1 Å². The zero-order valence-corrected chi connectivity index (χ0v) is 11.7. The van der Waals surface area contributed by atoms with Gasteiger partial charge in [-0.05, 0) is 37.1 Å². The van der Waals surface area contributed by atoms with Crippen molar-refractivity contribution in [3.05, 3.63) is 58.1 Å². The third kappa shape index (κ3) is 3.35. The first-order chi connectivity index (χ1) is 8.69. The first-order valence-corrected chi connectivity index (χ1v) is 6.48. The van der Waals surface area contributed by atoms with Crippen molar-refractivity contribution in [2.75, 3.05) is 0 Å². The van der Waals surface area contributed by atoms with Crippen molar-refractivity contribution in [3.8, 4) is 0 Å². The fourth-order valence-electron chi connectivity index (χ4n) is 1.82. The number of nitrogens with zero attached hydrogens (tertiary/aromatic N) is 2. The van der Waals surface area contributed by atoms with Crippen LogP contribution in [0.1, 0.15) is 23.1 Å². The normalized spacial score (nSPS) is 12.4. The standard InChI is InChI=1S/C13H15BrN4/c1-9-16-6-5-12(17-9)13(18-15)8-10-3-2-4-11(14)7-10/h2-7,13,18H,8,15H2,1H3. The second kappa shape index (κ2) is 6.04. The summed E-state index contributed by atoms with van der Waals surface area (Å²) >= 11 is 3.46. The van der Waals surface area contributed by atoms with Gasteiger partial charge in [0.05, 0.1) is 11.7 Å². The molecule has 0 aliphatic rings. The Hall–Kier alpha value is -1.30. The van der Waals surface area contributed by atoms with Crippen LogP contribution in [0.3, 0.4) is 0 Å². The van der Waals surface area contributed by atoms with Crippen LogP contribution in [-0.2, 0) is 6.42 Å². The van der Waals surface area contributed by atoms with Crippen LogP contribution in [0.15, 0.2) is 41.0 Å². The Morgan fingerprint density at radius 1 is 1.39 bits per heavy atom. The Morgan fingerprint density at radius 3 is 2.89 bits per heavy atom. The molecule has 2 aromatic rings. The molecule has 0 radical (unpaired) electrons. The molecule has 1 aromatic heterocycles. The molecular formula is C13H15BrN4. The summed E-state index contributed by atoms with van der Waals surface area (Å²) in [6, 6.07) is 10.0. The number of aryl methyl sites for hydroxylation is 1. The summed E-state index contributed by atoms with van der Waals surface area (Å²) in [5, 5.41) is 0. The van der Waals surface area contributed by atoms with Crippen molar-refractivity contribution in [2.45, 2.75) is 19.4 Å². The van der Waals surface area contributed by atoms with Gasteiger partial charge in [-0.1, -0.05) is 28.1 Å². The molecular weight excluding hydrogens is 292 g/mol. The van der Waals surface area contributed by atoms with Gasteiger partial charge in [0.1, 0.15) is 5.82 Å². The molecule has 0 bridgehead atoms. The molecule has 0 amide bonds. The molecule has 0 saturated heterocycles. The van der Waals surface area contributed by atoms with E-state index < -0.39 is 0 Å². The molecule has 1 heterocycles. The maximum absolute atomic E-state index is 5.62. The number of halogens is 1. The van der Waals surface area contributed by atoms with Crippen LogP contribution in [0, 0.1) is 6.92 Å². The SMILES string of the molecule is Cc1nccc(C(Cc2cccc(Br)c2)NN)n1. The van der Waals surface area contributed by atoms with Gasteiger partial charge in [-0.15, -0.1) is 0 Å². The molecule has 1 aromatic carbocycles. The van der Waals surface area contributed by atoms with Gasteiger partial charge in [0.15, 0.2) is 0 Å². The molecule has 0 spiro atoms. The maximum atomic E-state index is 5.62. The van der Waals surface area contributed by atoms with Crippen molar-refractivity contribution in [1.82, 2.24) is 15.4 Å². The second-order valence-corrected chi connectivity index (χ2v) is 5.00. The van der Waals surface area contributed by atoms with Crippen molar-refractivity contribution in [2.24, 2.45) is 5.84 Å². The van der Waals surface area contributed by atoms with Crippen LogP contribution >= 0.6 is 15.9 Å². The van der Waals surface area contributed by atoms with E-state index in [1.165, 1.54) is 5.56 Å². The van der Waals surface area contributed by atoms with Gasteiger partial charge in [-0.25, -0.2) is 9.97 Å². The minimum Gasteiger partial charge on any atom is -0.271 e. The second-order valence-electron chi connectivity index (χ2n) is 4.08. The van der Waals surface area contributed by atoms with E-state index >= 15 is 0 Å². The van der Waals surface area contributed by atoms with Gasteiger partial charge in [-0.2, -0.15) is 0 Å². The number of nitrogens with two attached hydrogens (primary N) is 1. The summed E-state index contributed by atoms with van der Waals surface area (Å²) in [5.74, 6) is 6.37. The molecule has 3 N–H and O–H groups in total. The number of aromatic nitrogens is 2. The predicted molar refractivity (Wildman–Crippen MR) is 74.7 cm³/mol. The van der Waals surface area contributed by atoms with Crippen LogP contribution < -0.4 is 11.3 Å². The van der Waals surface area contributed by atoms with E-state index in [4.69, 9.17) is 5.84 Å². The Bertz CT molecular complexity index is 530. The Kier molecular flexibility index (Phi) is 4.41. The monoisotopic (exact) mass is 306 g/mol. The van der Waals surface area contributed by atoms with E-state index in [0.717, 1.165) is 22.4 Å². The lowest BCUT2D eigenvalue weighted by Crippen LogP contribution is -2.30. The lowest BCUT2D eigenvalue weighted by molar-refractivity contribution is 0.535. The van der Waals surface area contributed by atoms with Gasteiger partial charge in [0.2, 0.25) is 0 Å². The largest absolute Gasteiger partial charge is 0.271 e. The molecule has 1 unspecified atom stereocenters. The first kappa shape index (κ1) is 13.1. The van der Waals surface area contributed by atoms with E-state index in [0.29, 0.717) is 0 Å². The molecule has 94 valence electrons. The Balaban J connectivity index is 2.19. The highest BCUT2D eigenvalue weighted by Gasteiger charge is 2.12. The van der Waals surface area contributed by atoms with Crippen LogP contribution in [0.5, 0.6) is 0 Å². The van der Waals surface area contributed by atoms with Gasteiger partial charge in [0, 0.05) is 10.7 Å². The van der Waals surface area contributed by atoms with Gasteiger partial charge in [0.25, 0.3) is 0 Å². The molecule has 0 aliphatic heterocycles. The minimum absolute atomic E-state index is 0.0130. The van der Waals surface area contributed by atoms with Crippen LogP contribution in [0.4, 0.5) is 0 Å². The van der Waals surface area contributed by atoms with Gasteiger partial charge < -0.3 is 0 Å². The van der Waals surface area contributed by atoms with Crippen molar-refractivity contribution in [3.63, 3.8) is 0 Å². The zero-order chi connectivity index (χ0) is 13.0. The van der Waals surface area contributed by atoms with Gasteiger partial charge >= 0.3 is 0 Å². The summed E-state index contributed by atoms with van der Waals surface area (Å²) in [7, 11) is 0. The molecule has 1 atom stereocenters. The number of rotatable bonds is 4. The lowest BCUT2D eigenvalue weighted by Gasteiger charge is -2.15. The van der Waals surface area contributed by atoms with Crippen molar-refractivity contribution >= 4 is 15.9 Å². The van der Waals surface area contributed by atoms with Crippen LogP contribution in [-0.4, -0.2) is 9.97 Å². The minimum atomic E-state index is -0.0130. The lowest BCUT2D eigenvalue weighted by atomic mass is 10.0. The van der Waals surface area contributed by atoms with Crippen LogP contribution in [0.25, 0.3) is 0 Å². The smallest absolute Gasteiger partial charge is 0.125 e. The molecule has 0 saturated carbocycles.